The Bertz CT molecular complexity index is 190. The lowest BCUT2D eigenvalue weighted by atomic mass is 9.77. The summed E-state index contributed by atoms with van der Waals surface area (Å²) >= 11 is 0. The third-order valence-electron chi connectivity index (χ3n) is 4.70. The van der Waals surface area contributed by atoms with Crippen molar-refractivity contribution in [2.45, 2.75) is 77.2 Å². The van der Waals surface area contributed by atoms with Gasteiger partial charge in [-0.05, 0) is 43.4 Å². The lowest BCUT2D eigenvalue weighted by Crippen LogP contribution is -2.25. The molecule has 0 aromatic heterocycles. The van der Waals surface area contributed by atoms with Crippen molar-refractivity contribution in [3.63, 3.8) is 0 Å². The number of hydrogen-bond donors (Lipinski definition) is 1. The summed E-state index contributed by atoms with van der Waals surface area (Å²) in [4.78, 5) is 0. The van der Waals surface area contributed by atoms with Crippen molar-refractivity contribution in [3.05, 3.63) is 0 Å². The third-order valence-corrected chi connectivity index (χ3v) is 4.70. The van der Waals surface area contributed by atoms with Crippen LogP contribution in [0.25, 0.3) is 0 Å². The molecular weight excluding hydrogens is 196 g/mol. The molecule has 0 aliphatic heterocycles. The Morgan fingerprint density at radius 2 is 1.50 bits per heavy atom. The van der Waals surface area contributed by atoms with Crippen molar-refractivity contribution in [1.82, 2.24) is 0 Å². The minimum Gasteiger partial charge on any atom is -0.393 e. The molecule has 2 fully saturated rings. The highest BCUT2D eigenvalue weighted by Gasteiger charge is 2.28. The molecule has 1 unspecified atom stereocenters. The van der Waals surface area contributed by atoms with E-state index < -0.39 is 0 Å². The summed E-state index contributed by atoms with van der Waals surface area (Å²) in [7, 11) is 0. The van der Waals surface area contributed by atoms with E-state index in [-0.39, 0.29) is 6.10 Å². The zero-order valence-corrected chi connectivity index (χ0v) is 10.8. The van der Waals surface area contributed by atoms with Crippen LogP contribution in [0.1, 0.15) is 71.1 Å². The van der Waals surface area contributed by atoms with Crippen LogP contribution < -0.4 is 0 Å². The van der Waals surface area contributed by atoms with Gasteiger partial charge < -0.3 is 5.11 Å². The second kappa shape index (κ2) is 6.05. The van der Waals surface area contributed by atoms with Gasteiger partial charge >= 0.3 is 0 Å². The van der Waals surface area contributed by atoms with Crippen molar-refractivity contribution in [2.75, 3.05) is 0 Å². The van der Waals surface area contributed by atoms with Gasteiger partial charge in [-0.1, -0.05) is 45.4 Å². The summed E-state index contributed by atoms with van der Waals surface area (Å²) in [6.45, 7) is 2.29. The molecule has 0 radical (unpaired) electrons. The molecule has 94 valence electrons. The Morgan fingerprint density at radius 1 is 0.938 bits per heavy atom. The predicted molar refractivity (Wildman–Crippen MR) is 68.3 cm³/mol. The van der Waals surface area contributed by atoms with Crippen LogP contribution in [0.5, 0.6) is 0 Å². The molecule has 0 saturated heterocycles. The smallest absolute Gasteiger partial charge is 0.0568 e. The summed E-state index contributed by atoms with van der Waals surface area (Å²) in [6.07, 6.45) is 13.3. The number of aliphatic hydroxyl groups is 1. The van der Waals surface area contributed by atoms with Crippen LogP contribution in [0.15, 0.2) is 0 Å². The monoisotopic (exact) mass is 224 g/mol. The van der Waals surface area contributed by atoms with E-state index in [0.717, 1.165) is 18.3 Å². The molecule has 0 spiro atoms. The van der Waals surface area contributed by atoms with Gasteiger partial charge in [0.05, 0.1) is 6.10 Å². The van der Waals surface area contributed by atoms with Gasteiger partial charge in [-0.25, -0.2) is 0 Å². The lowest BCUT2D eigenvalue weighted by Gasteiger charge is -2.31. The summed E-state index contributed by atoms with van der Waals surface area (Å²) in [5, 5.41) is 10.2. The Labute approximate surface area is 101 Å². The summed E-state index contributed by atoms with van der Waals surface area (Å²) in [6, 6.07) is 0. The summed E-state index contributed by atoms with van der Waals surface area (Å²) < 4.78 is 0. The van der Waals surface area contributed by atoms with E-state index in [1.165, 1.54) is 57.8 Å². The van der Waals surface area contributed by atoms with Crippen LogP contribution in [-0.4, -0.2) is 11.2 Å². The first-order chi connectivity index (χ1) is 7.79. The maximum atomic E-state index is 10.2. The van der Waals surface area contributed by atoms with Gasteiger partial charge in [0.2, 0.25) is 0 Å². The van der Waals surface area contributed by atoms with Crippen LogP contribution in [0, 0.1) is 17.8 Å². The fourth-order valence-corrected chi connectivity index (χ4v) is 3.32. The van der Waals surface area contributed by atoms with E-state index in [9.17, 15) is 5.11 Å². The molecule has 2 rings (SSSR count). The van der Waals surface area contributed by atoms with Crippen molar-refractivity contribution >= 4 is 0 Å². The van der Waals surface area contributed by atoms with E-state index in [0.29, 0.717) is 5.92 Å². The molecule has 0 amide bonds. The molecule has 0 aromatic rings. The average molecular weight is 224 g/mol. The number of hydrogen-bond acceptors (Lipinski definition) is 1. The van der Waals surface area contributed by atoms with Crippen molar-refractivity contribution in [3.8, 4) is 0 Å². The van der Waals surface area contributed by atoms with E-state index in [1.807, 2.05) is 0 Å². The molecule has 1 heteroatoms. The Kier molecular flexibility index (Phi) is 4.69. The third kappa shape index (κ3) is 3.76. The van der Waals surface area contributed by atoms with Gasteiger partial charge in [0.25, 0.3) is 0 Å². The van der Waals surface area contributed by atoms with Crippen molar-refractivity contribution < 1.29 is 5.11 Å². The van der Waals surface area contributed by atoms with Gasteiger partial charge in [0.15, 0.2) is 0 Å². The molecule has 1 N–H and O–H groups in total. The molecule has 1 atom stereocenters. The molecular formula is C15H28O. The lowest BCUT2D eigenvalue weighted by molar-refractivity contribution is 0.0629. The molecule has 0 bridgehead atoms. The van der Waals surface area contributed by atoms with E-state index >= 15 is 0 Å². The zero-order valence-electron chi connectivity index (χ0n) is 10.8. The molecule has 2 aliphatic carbocycles. The number of rotatable bonds is 6. The van der Waals surface area contributed by atoms with Gasteiger partial charge in [-0.3, -0.25) is 0 Å². The molecule has 2 saturated carbocycles. The van der Waals surface area contributed by atoms with Crippen LogP contribution in [-0.2, 0) is 0 Å². The van der Waals surface area contributed by atoms with Crippen LogP contribution in [0.2, 0.25) is 0 Å². The highest BCUT2D eigenvalue weighted by molar-refractivity contribution is 4.80. The van der Waals surface area contributed by atoms with Crippen molar-refractivity contribution in [1.29, 1.82) is 0 Å². The minimum atomic E-state index is 0.0168. The topological polar surface area (TPSA) is 20.2 Å². The van der Waals surface area contributed by atoms with Crippen LogP contribution >= 0.6 is 0 Å². The second-order valence-electron chi connectivity index (χ2n) is 6.16. The van der Waals surface area contributed by atoms with Crippen LogP contribution in [0.4, 0.5) is 0 Å². The van der Waals surface area contributed by atoms with Crippen molar-refractivity contribution in [2.24, 2.45) is 17.8 Å². The van der Waals surface area contributed by atoms with Gasteiger partial charge in [-0.15, -0.1) is 0 Å². The molecule has 2 aliphatic rings. The molecule has 16 heavy (non-hydrogen) atoms. The van der Waals surface area contributed by atoms with E-state index in [1.54, 1.807) is 0 Å². The predicted octanol–water partition coefficient (Wildman–Crippen LogP) is 4.14. The summed E-state index contributed by atoms with van der Waals surface area (Å²) in [5.41, 5.74) is 0. The SMILES string of the molecule is CCCC1CCC(C(O)CCC2CC2)CC1. The second-order valence-corrected chi connectivity index (χ2v) is 6.16. The summed E-state index contributed by atoms with van der Waals surface area (Å²) in [5.74, 6) is 2.58. The largest absolute Gasteiger partial charge is 0.393 e. The van der Waals surface area contributed by atoms with Gasteiger partial charge in [0, 0.05) is 0 Å². The normalized spacial score (nSPS) is 32.6. The van der Waals surface area contributed by atoms with E-state index in [2.05, 4.69) is 6.92 Å². The zero-order chi connectivity index (χ0) is 11.4. The first-order valence-electron chi connectivity index (χ1n) is 7.47. The average Bonchev–Trinajstić information content (AvgIpc) is 3.11. The molecule has 1 nitrogen and oxygen atoms in total. The minimum absolute atomic E-state index is 0.0168. The first-order valence-corrected chi connectivity index (χ1v) is 7.47. The Balaban J connectivity index is 1.62. The van der Waals surface area contributed by atoms with E-state index in [4.69, 9.17) is 0 Å². The molecule has 0 heterocycles. The Hall–Kier alpha value is -0.0400. The first kappa shape index (κ1) is 12.4. The maximum absolute atomic E-state index is 10.2. The standard InChI is InChI=1S/C15H28O/c1-2-3-12-6-9-14(10-7-12)15(16)11-8-13-4-5-13/h12-16H,2-11H2,1H3. The highest BCUT2D eigenvalue weighted by atomic mass is 16.3. The number of aliphatic hydroxyl groups excluding tert-OH is 1. The van der Waals surface area contributed by atoms with Gasteiger partial charge in [0.1, 0.15) is 0 Å². The quantitative estimate of drug-likeness (QED) is 0.719. The Morgan fingerprint density at radius 3 is 2.06 bits per heavy atom. The fourth-order valence-electron chi connectivity index (χ4n) is 3.32. The van der Waals surface area contributed by atoms with Crippen LogP contribution in [0.3, 0.4) is 0 Å². The van der Waals surface area contributed by atoms with Gasteiger partial charge in [-0.2, -0.15) is 0 Å². The fraction of sp³-hybridized carbons (Fsp3) is 1.00. The molecule has 0 aromatic carbocycles. The highest BCUT2D eigenvalue weighted by Crippen LogP contribution is 2.37. The maximum Gasteiger partial charge on any atom is 0.0568 e.